The summed E-state index contributed by atoms with van der Waals surface area (Å²) in [5.74, 6) is 0.241. The molecule has 0 bridgehead atoms. The second-order valence-corrected chi connectivity index (χ2v) is 5.57. The molecular formula is C21H18N2O3. The smallest absolute Gasteiger partial charge is 0.275 e. The van der Waals surface area contributed by atoms with Gasteiger partial charge >= 0.3 is 0 Å². The first-order valence-corrected chi connectivity index (χ1v) is 8.03. The lowest BCUT2D eigenvalue weighted by molar-refractivity contribution is 0.0952. The molecule has 130 valence electrons. The monoisotopic (exact) mass is 346 g/mol. The number of phenolic OH excluding ortho intramolecular Hbond substituents is 1. The minimum atomic E-state index is -0.470. The third-order valence-corrected chi connectivity index (χ3v) is 3.84. The molecule has 0 saturated heterocycles. The zero-order valence-corrected chi connectivity index (χ0v) is 14.2. The number of aromatic hydroxyl groups is 1. The predicted molar refractivity (Wildman–Crippen MR) is 104 cm³/mol. The van der Waals surface area contributed by atoms with Crippen molar-refractivity contribution in [3.63, 3.8) is 0 Å². The molecule has 2 N–H and O–H groups in total. The standard InChI is InChI=1S/C21H18N2O3/c1-26-18-10-8-15(9-11-18)5-4-12-22-23-21(25)19-13-16-6-2-3-7-17(16)14-20(19)24/h2-14,24H,1H3,(H,23,25). The number of hydrogen-bond acceptors (Lipinski definition) is 4. The van der Waals surface area contributed by atoms with Crippen molar-refractivity contribution >= 4 is 29.0 Å². The van der Waals surface area contributed by atoms with Gasteiger partial charge in [-0.05, 0) is 46.7 Å². The van der Waals surface area contributed by atoms with Crippen molar-refractivity contribution in [1.82, 2.24) is 5.43 Å². The van der Waals surface area contributed by atoms with Crippen LogP contribution in [0.25, 0.3) is 16.8 Å². The van der Waals surface area contributed by atoms with Crippen molar-refractivity contribution in [1.29, 1.82) is 0 Å². The van der Waals surface area contributed by atoms with Crippen molar-refractivity contribution in [3.8, 4) is 11.5 Å². The number of amides is 1. The van der Waals surface area contributed by atoms with Crippen LogP contribution in [0.3, 0.4) is 0 Å². The molecule has 0 fully saturated rings. The molecule has 0 aliphatic rings. The number of methoxy groups -OCH3 is 1. The molecule has 3 aromatic carbocycles. The normalized spacial score (nSPS) is 11.3. The molecule has 0 spiro atoms. The van der Waals surface area contributed by atoms with Crippen LogP contribution in [0.1, 0.15) is 15.9 Å². The quantitative estimate of drug-likeness (QED) is 0.542. The van der Waals surface area contributed by atoms with E-state index in [1.807, 2.05) is 54.6 Å². The van der Waals surface area contributed by atoms with Gasteiger partial charge in [0, 0.05) is 6.21 Å². The summed E-state index contributed by atoms with van der Waals surface area (Å²) in [5.41, 5.74) is 3.57. The van der Waals surface area contributed by atoms with Gasteiger partial charge in [-0.1, -0.05) is 42.5 Å². The third kappa shape index (κ3) is 4.08. The molecule has 0 aliphatic heterocycles. The minimum Gasteiger partial charge on any atom is -0.507 e. The molecule has 0 unspecified atom stereocenters. The highest BCUT2D eigenvalue weighted by Crippen LogP contribution is 2.24. The van der Waals surface area contributed by atoms with Gasteiger partial charge in [0.15, 0.2) is 0 Å². The van der Waals surface area contributed by atoms with Crippen LogP contribution < -0.4 is 10.2 Å². The number of nitrogens with zero attached hydrogens (tertiary/aromatic N) is 1. The van der Waals surface area contributed by atoms with Crippen molar-refractivity contribution in [3.05, 3.63) is 77.9 Å². The molecular weight excluding hydrogens is 328 g/mol. The summed E-state index contributed by atoms with van der Waals surface area (Å²) in [4.78, 5) is 12.2. The summed E-state index contributed by atoms with van der Waals surface area (Å²) < 4.78 is 5.10. The first-order valence-electron chi connectivity index (χ1n) is 8.03. The Bertz CT molecular complexity index is 976. The second kappa shape index (κ2) is 7.98. The Kier molecular flexibility index (Phi) is 5.29. The van der Waals surface area contributed by atoms with Gasteiger partial charge in [-0.15, -0.1) is 0 Å². The zero-order valence-electron chi connectivity index (χ0n) is 14.2. The van der Waals surface area contributed by atoms with E-state index in [0.717, 1.165) is 22.1 Å². The van der Waals surface area contributed by atoms with E-state index >= 15 is 0 Å². The molecule has 0 radical (unpaired) electrons. The fourth-order valence-electron chi connectivity index (χ4n) is 2.48. The number of carbonyl (C=O) groups is 1. The summed E-state index contributed by atoms with van der Waals surface area (Å²) in [7, 11) is 1.62. The van der Waals surface area contributed by atoms with E-state index in [-0.39, 0.29) is 11.3 Å². The van der Waals surface area contributed by atoms with Gasteiger partial charge < -0.3 is 9.84 Å². The number of fused-ring (bicyclic) bond motifs is 1. The average Bonchev–Trinajstić information content (AvgIpc) is 2.67. The van der Waals surface area contributed by atoms with Gasteiger partial charge in [0.1, 0.15) is 11.5 Å². The largest absolute Gasteiger partial charge is 0.507 e. The maximum Gasteiger partial charge on any atom is 0.275 e. The lowest BCUT2D eigenvalue weighted by Crippen LogP contribution is -2.17. The Labute approximate surface area is 151 Å². The Morgan fingerprint density at radius 2 is 1.77 bits per heavy atom. The molecule has 3 aromatic rings. The number of benzene rings is 3. The number of allylic oxidation sites excluding steroid dienone is 1. The van der Waals surface area contributed by atoms with Crippen LogP contribution in [-0.2, 0) is 0 Å². The van der Waals surface area contributed by atoms with Crippen molar-refractivity contribution < 1.29 is 14.6 Å². The van der Waals surface area contributed by atoms with Crippen molar-refractivity contribution in [2.24, 2.45) is 5.10 Å². The molecule has 5 heteroatoms. The lowest BCUT2D eigenvalue weighted by atomic mass is 10.1. The number of ether oxygens (including phenoxy) is 1. The molecule has 0 atom stereocenters. The number of phenols is 1. The molecule has 0 saturated carbocycles. The molecule has 0 aromatic heterocycles. The van der Waals surface area contributed by atoms with Gasteiger partial charge in [0.05, 0.1) is 12.7 Å². The van der Waals surface area contributed by atoms with Crippen LogP contribution >= 0.6 is 0 Å². The van der Waals surface area contributed by atoms with Crippen LogP contribution in [0, 0.1) is 0 Å². The van der Waals surface area contributed by atoms with Gasteiger partial charge in [-0.2, -0.15) is 5.10 Å². The number of carbonyl (C=O) groups excluding carboxylic acids is 1. The van der Waals surface area contributed by atoms with Crippen LogP contribution in [0.15, 0.2) is 71.8 Å². The fourth-order valence-corrected chi connectivity index (χ4v) is 2.48. The molecule has 0 aliphatic carbocycles. The van der Waals surface area contributed by atoms with Crippen LogP contribution in [0.4, 0.5) is 0 Å². The Morgan fingerprint density at radius 3 is 2.46 bits per heavy atom. The molecule has 5 nitrogen and oxygen atoms in total. The van der Waals surface area contributed by atoms with Crippen LogP contribution in [-0.4, -0.2) is 24.3 Å². The zero-order chi connectivity index (χ0) is 18.4. The van der Waals surface area contributed by atoms with Gasteiger partial charge in [0.25, 0.3) is 5.91 Å². The van der Waals surface area contributed by atoms with Crippen LogP contribution in [0.5, 0.6) is 11.5 Å². The Hall–Kier alpha value is -3.60. The van der Waals surface area contributed by atoms with E-state index in [4.69, 9.17) is 4.74 Å². The fraction of sp³-hybridized carbons (Fsp3) is 0.0476. The van der Waals surface area contributed by atoms with Gasteiger partial charge in [-0.3, -0.25) is 4.79 Å². The molecule has 1 amide bonds. The molecule has 0 heterocycles. The van der Waals surface area contributed by atoms with Gasteiger partial charge in [-0.25, -0.2) is 5.43 Å². The van der Waals surface area contributed by atoms with Crippen LogP contribution in [0.2, 0.25) is 0 Å². The van der Waals surface area contributed by atoms with Crippen molar-refractivity contribution in [2.75, 3.05) is 7.11 Å². The van der Waals surface area contributed by atoms with E-state index in [0.29, 0.717) is 0 Å². The summed E-state index contributed by atoms with van der Waals surface area (Å²) in [6.45, 7) is 0. The van der Waals surface area contributed by atoms with E-state index in [1.54, 1.807) is 25.3 Å². The minimum absolute atomic E-state index is 0.0785. The predicted octanol–water partition coefficient (Wildman–Crippen LogP) is 3.98. The highest BCUT2D eigenvalue weighted by Gasteiger charge is 2.11. The molecule has 3 rings (SSSR count). The van der Waals surface area contributed by atoms with Gasteiger partial charge in [0.2, 0.25) is 0 Å². The summed E-state index contributed by atoms with van der Waals surface area (Å²) >= 11 is 0. The lowest BCUT2D eigenvalue weighted by Gasteiger charge is -2.05. The SMILES string of the molecule is COc1ccc(C=CC=NNC(=O)c2cc3ccccc3cc2O)cc1. The Balaban J connectivity index is 1.63. The number of hydrogen-bond donors (Lipinski definition) is 2. The summed E-state index contributed by atoms with van der Waals surface area (Å²) in [6.07, 6.45) is 5.03. The first-order chi connectivity index (χ1) is 12.7. The van der Waals surface area contributed by atoms with E-state index in [1.165, 1.54) is 6.21 Å². The molecule has 26 heavy (non-hydrogen) atoms. The topological polar surface area (TPSA) is 70.9 Å². The highest BCUT2D eigenvalue weighted by molar-refractivity contribution is 6.01. The van der Waals surface area contributed by atoms with E-state index in [2.05, 4.69) is 10.5 Å². The Morgan fingerprint density at radius 1 is 1.08 bits per heavy atom. The maximum absolute atomic E-state index is 12.2. The average molecular weight is 346 g/mol. The number of nitrogens with one attached hydrogen (secondary N) is 1. The number of rotatable bonds is 5. The van der Waals surface area contributed by atoms with E-state index < -0.39 is 5.91 Å². The maximum atomic E-state index is 12.2. The van der Waals surface area contributed by atoms with E-state index in [9.17, 15) is 9.90 Å². The van der Waals surface area contributed by atoms with Crippen molar-refractivity contribution in [2.45, 2.75) is 0 Å². The highest BCUT2D eigenvalue weighted by atomic mass is 16.5. The summed E-state index contributed by atoms with van der Waals surface area (Å²) in [5, 5.41) is 15.6. The second-order valence-electron chi connectivity index (χ2n) is 5.57. The summed E-state index contributed by atoms with van der Waals surface area (Å²) in [6, 6.07) is 18.3. The third-order valence-electron chi connectivity index (χ3n) is 3.84. The number of hydrazone groups is 1. The first kappa shape index (κ1) is 17.2.